The molecule has 0 unspecified atom stereocenters. The van der Waals surface area contributed by atoms with E-state index in [1.54, 1.807) is 5.56 Å². The first-order valence-electron chi connectivity index (χ1n) is 7.62. The van der Waals surface area contributed by atoms with Gasteiger partial charge in [-0.25, -0.2) is 0 Å². The summed E-state index contributed by atoms with van der Waals surface area (Å²) in [5.74, 6) is 1.76. The van der Waals surface area contributed by atoms with Gasteiger partial charge in [0.15, 0.2) is 0 Å². The van der Waals surface area contributed by atoms with Crippen LogP contribution in [-0.4, -0.2) is 12.6 Å². The van der Waals surface area contributed by atoms with Crippen LogP contribution in [-0.2, 0) is 11.8 Å². The highest BCUT2D eigenvalue weighted by Crippen LogP contribution is 2.54. The number of fused-ring (bicyclic) bond motifs is 1. The summed E-state index contributed by atoms with van der Waals surface area (Å²) in [6.45, 7) is 1.18. The van der Waals surface area contributed by atoms with Crippen LogP contribution >= 0.6 is 0 Å². The number of rotatable bonds is 1. The van der Waals surface area contributed by atoms with Gasteiger partial charge in [0.05, 0.1) is 0 Å². The molecular weight excluding hydrogens is 234 g/mol. The van der Waals surface area contributed by atoms with Crippen molar-refractivity contribution >= 4 is 0 Å². The first-order valence-corrected chi connectivity index (χ1v) is 7.62. The van der Waals surface area contributed by atoms with E-state index in [1.807, 2.05) is 0 Å². The van der Waals surface area contributed by atoms with Gasteiger partial charge in [0, 0.05) is 11.5 Å². The van der Waals surface area contributed by atoms with E-state index in [4.69, 9.17) is 4.74 Å². The van der Waals surface area contributed by atoms with Crippen molar-refractivity contribution in [1.82, 2.24) is 5.32 Å². The van der Waals surface area contributed by atoms with E-state index < -0.39 is 0 Å². The zero-order chi connectivity index (χ0) is 12.9. The molecule has 1 saturated carbocycles. The zero-order valence-corrected chi connectivity index (χ0v) is 11.5. The topological polar surface area (TPSA) is 21.3 Å². The molecule has 1 aromatic rings. The quantitative estimate of drug-likeness (QED) is 0.833. The summed E-state index contributed by atoms with van der Waals surface area (Å²) >= 11 is 0. The van der Waals surface area contributed by atoms with Gasteiger partial charge in [-0.2, -0.15) is 0 Å². The summed E-state index contributed by atoms with van der Waals surface area (Å²) in [6.07, 6.45) is 8.04. The molecule has 1 aromatic carbocycles. The maximum absolute atomic E-state index is 5.23. The molecule has 1 aliphatic heterocycles. The summed E-state index contributed by atoms with van der Waals surface area (Å²) in [7, 11) is 3.57. The molecule has 0 spiro atoms. The Morgan fingerprint density at radius 1 is 1.26 bits per heavy atom. The van der Waals surface area contributed by atoms with E-state index in [2.05, 4.69) is 30.6 Å². The highest BCUT2D eigenvalue weighted by atomic mass is 16.5. The summed E-state index contributed by atoms with van der Waals surface area (Å²) in [5.41, 5.74) is 3.54. The van der Waals surface area contributed by atoms with Gasteiger partial charge >= 0.3 is 0 Å². The van der Waals surface area contributed by atoms with Crippen LogP contribution in [0.3, 0.4) is 0 Å². The van der Waals surface area contributed by atoms with Gasteiger partial charge in [0.25, 0.3) is 0 Å². The Labute approximate surface area is 115 Å². The molecule has 1 radical (unpaired) electrons. The van der Waals surface area contributed by atoms with Gasteiger partial charge in [-0.15, -0.1) is 0 Å². The Morgan fingerprint density at radius 3 is 3.11 bits per heavy atom. The van der Waals surface area contributed by atoms with E-state index in [-0.39, 0.29) is 0 Å². The average Bonchev–Trinajstić information content (AvgIpc) is 2.47. The summed E-state index contributed by atoms with van der Waals surface area (Å²) in [6, 6.07) is 7.32. The summed E-state index contributed by atoms with van der Waals surface area (Å²) in [4.78, 5) is 0. The molecule has 1 N–H and O–H groups in total. The fourth-order valence-corrected chi connectivity index (χ4v) is 4.99. The van der Waals surface area contributed by atoms with Gasteiger partial charge in [-0.1, -0.05) is 18.9 Å². The number of nitrogens with one attached hydrogen (secondary N) is 1. The largest absolute Gasteiger partial charge is 0.490 e. The standard InChI is InChI=1S/C17H22NO/c1-19-13-6-5-12-10-16-14-4-2-3-7-17(14,8-9-18-16)15(12)11-13/h5-6,11,14,16,18H,1-4,7-10H2/t14-,16+,17+/m0/s1. The lowest BCUT2D eigenvalue weighted by molar-refractivity contribution is 0.0796. The molecule has 2 heteroatoms. The van der Waals surface area contributed by atoms with E-state index in [0.717, 1.165) is 11.7 Å². The molecule has 101 valence electrons. The normalized spacial score (nSPS) is 36.3. The number of hydrogen-bond donors (Lipinski definition) is 1. The molecule has 19 heavy (non-hydrogen) atoms. The van der Waals surface area contributed by atoms with Crippen molar-refractivity contribution in [2.75, 3.05) is 6.54 Å². The Bertz CT molecular complexity index is 494. The zero-order valence-electron chi connectivity index (χ0n) is 11.5. The average molecular weight is 256 g/mol. The lowest BCUT2D eigenvalue weighted by Gasteiger charge is -2.56. The highest BCUT2D eigenvalue weighted by molar-refractivity contribution is 5.45. The van der Waals surface area contributed by atoms with Crippen LogP contribution in [0.25, 0.3) is 0 Å². The van der Waals surface area contributed by atoms with E-state index in [0.29, 0.717) is 11.5 Å². The third-order valence-corrected chi connectivity index (χ3v) is 5.79. The lowest BCUT2D eigenvalue weighted by Crippen LogP contribution is -2.59. The minimum absolute atomic E-state index is 0.427. The molecule has 1 saturated heterocycles. The smallest absolute Gasteiger partial charge is 0.122 e. The Morgan fingerprint density at radius 2 is 2.21 bits per heavy atom. The minimum Gasteiger partial charge on any atom is -0.490 e. The van der Waals surface area contributed by atoms with Crippen molar-refractivity contribution in [1.29, 1.82) is 0 Å². The van der Waals surface area contributed by atoms with Crippen LogP contribution in [0.1, 0.15) is 43.2 Å². The van der Waals surface area contributed by atoms with Crippen LogP contribution in [0.5, 0.6) is 5.75 Å². The van der Waals surface area contributed by atoms with Gasteiger partial charge in [0.2, 0.25) is 0 Å². The van der Waals surface area contributed by atoms with E-state index >= 15 is 0 Å². The molecular formula is C17H22NO. The molecule has 3 atom stereocenters. The summed E-state index contributed by atoms with van der Waals surface area (Å²) < 4.78 is 5.23. The fourth-order valence-electron chi connectivity index (χ4n) is 4.99. The molecule has 1 heterocycles. The number of benzene rings is 1. The van der Waals surface area contributed by atoms with Crippen LogP contribution in [0.4, 0.5) is 0 Å². The maximum Gasteiger partial charge on any atom is 0.122 e. The predicted octanol–water partition coefficient (Wildman–Crippen LogP) is 3.20. The molecule has 2 nitrogen and oxygen atoms in total. The van der Waals surface area contributed by atoms with Crippen molar-refractivity contribution < 1.29 is 4.74 Å². The Hall–Kier alpha value is -1.02. The van der Waals surface area contributed by atoms with Gasteiger partial charge in [-0.3, -0.25) is 0 Å². The Kier molecular flexibility index (Phi) is 2.63. The van der Waals surface area contributed by atoms with Crippen molar-refractivity contribution in [3.8, 4) is 5.75 Å². The monoisotopic (exact) mass is 256 g/mol. The molecule has 2 fully saturated rings. The van der Waals surface area contributed by atoms with Gasteiger partial charge in [-0.05, 0) is 61.4 Å². The molecule has 0 amide bonds. The predicted molar refractivity (Wildman–Crippen MR) is 76.2 cm³/mol. The maximum atomic E-state index is 5.23. The Balaban J connectivity index is 1.88. The van der Waals surface area contributed by atoms with Crippen LogP contribution in [0.15, 0.2) is 18.2 Å². The first-order chi connectivity index (χ1) is 9.33. The molecule has 2 bridgehead atoms. The van der Waals surface area contributed by atoms with Crippen molar-refractivity contribution in [2.45, 2.75) is 50.0 Å². The van der Waals surface area contributed by atoms with Gasteiger partial charge < -0.3 is 10.1 Å². The molecule has 3 aliphatic rings. The fraction of sp³-hybridized carbons (Fsp3) is 0.588. The minimum atomic E-state index is 0.427. The molecule has 2 aliphatic carbocycles. The number of piperidine rings is 1. The van der Waals surface area contributed by atoms with Crippen molar-refractivity contribution in [3.05, 3.63) is 36.4 Å². The highest BCUT2D eigenvalue weighted by Gasteiger charge is 2.51. The van der Waals surface area contributed by atoms with Gasteiger partial charge in [0.1, 0.15) is 12.9 Å². The lowest BCUT2D eigenvalue weighted by atomic mass is 9.53. The summed E-state index contributed by atoms with van der Waals surface area (Å²) in [5, 5.41) is 3.77. The second kappa shape index (κ2) is 4.24. The molecule has 4 rings (SSSR count). The van der Waals surface area contributed by atoms with Crippen LogP contribution in [0, 0.1) is 13.0 Å². The van der Waals surface area contributed by atoms with Crippen LogP contribution in [0.2, 0.25) is 0 Å². The van der Waals surface area contributed by atoms with Crippen molar-refractivity contribution in [2.24, 2.45) is 5.92 Å². The van der Waals surface area contributed by atoms with E-state index in [1.165, 1.54) is 50.6 Å². The molecule has 0 aromatic heterocycles. The van der Waals surface area contributed by atoms with E-state index in [9.17, 15) is 0 Å². The second-order valence-electron chi connectivity index (χ2n) is 6.49. The van der Waals surface area contributed by atoms with Crippen LogP contribution < -0.4 is 10.1 Å². The first kappa shape index (κ1) is 11.8. The SMILES string of the molecule is [CH2]Oc1ccc2c(c1)[C@@]13CCCC[C@H]1[C@@H](C2)NCC3. The number of ether oxygens (including phenoxy) is 1. The van der Waals surface area contributed by atoms with Crippen molar-refractivity contribution in [3.63, 3.8) is 0 Å². The second-order valence-corrected chi connectivity index (χ2v) is 6.49. The number of hydrogen-bond acceptors (Lipinski definition) is 2. The third kappa shape index (κ3) is 1.59. The third-order valence-electron chi connectivity index (χ3n) is 5.79.